The molecule has 0 radical (unpaired) electrons. The Balaban J connectivity index is 0.000000188. The molecule has 0 unspecified atom stereocenters. The number of rotatable bonds is 6. The van der Waals surface area contributed by atoms with Crippen molar-refractivity contribution in [2.24, 2.45) is 0 Å². The zero-order valence-electron chi connectivity index (χ0n) is 29.3. The molecule has 16 nitrogen and oxygen atoms in total. The van der Waals surface area contributed by atoms with Gasteiger partial charge in [0, 0.05) is 42.6 Å². The van der Waals surface area contributed by atoms with Crippen molar-refractivity contribution in [3.8, 4) is 28.9 Å². The van der Waals surface area contributed by atoms with E-state index in [2.05, 4.69) is 44.5 Å². The molecule has 1 aromatic carbocycles. The summed E-state index contributed by atoms with van der Waals surface area (Å²) in [6.45, 7) is 5.29. The van der Waals surface area contributed by atoms with E-state index in [0.717, 1.165) is 10.1 Å². The fourth-order valence-electron chi connectivity index (χ4n) is 5.23. The summed E-state index contributed by atoms with van der Waals surface area (Å²) in [5.74, 6) is -0.312. The zero-order valence-corrected chi connectivity index (χ0v) is 31.6. The van der Waals surface area contributed by atoms with Crippen molar-refractivity contribution in [2.75, 3.05) is 5.32 Å². The van der Waals surface area contributed by atoms with Crippen molar-refractivity contribution in [1.82, 2.24) is 39.7 Å². The molecule has 8 aromatic rings. The van der Waals surface area contributed by atoms with Crippen LogP contribution in [-0.4, -0.2) is 65.3 Å². The Bertz CT molecular complexity index is 2890. The minimum Gasteiger partial charge on any atom is -0.449 e. The average Bonchev–Trinajstić information content (AvgIpc) is 3.84. The van der Waals surface area contributed by atoms with Gasteiger partial charge in [0.2, 0.25) is 5.76 Å². The highest BCUT2D eigenvalue weighted by atomic mass is 35.5. The summed E-state index contributed by atoms with van der Waals surface area (Å²) in [5.41, 5.74) is -4.26. The molecule has 57 heavy (non-hydrogen) atoms. The molecule has 0 spiro atoms. The number of hydrogen-bond acceptors (Lipinski definition) is 15. The van der Waals surface area contributed by atoms with Crippen LogP contribution in [0.15, 0.2) is 94.8 Å². The maximum absolute atomic E-state index is 12.8. The molecule has 1 N–H and O–H groups in total. The standard InChI is InChI=1S/C23H18Cl2N6O3.C12H6F3N3O4S/c1-23(2,3)34-22(32)31-18-13(24)5-6-14(16(18)20(25)30-31)29-17-12-7-10-26-11-15(12)33-19(17)21-27-8-4-9-28-21;13-12(14,15)23(19,20)22-9-7-2-5-16-6-8(7)21-10(9)11-17-3-1-4-18-11/h4-11,29H,1-3H3;1-6H. The summed E-state index contributed by atoms with van der Waals surface area (Å²) >= 11 is 13.0. The summed E-state index contributed by atoms with van der Waals surface area (Å²) in [4.78, 5) is 36.9. The number of fused-ring (bicyclic) bond motifs is 3. The third-order valence-electron chi connectivity index (χ3n) is 7.52. The van der Waals surface area contributed by atoms with Gasteiger partial charge >= 0.3 is 21.7 Å². The lowest BCUT2D eigenvalue weighted by molar-refractivity contribution is -0.0499. The van der Waals surface area contributed by atoms with E-state index in [-0.39, 0.29) is 27.7 Å². The van der Waals surface area contributed by atoms with Crippen molar-refractivity contribution in [2.45, 2.75) is 31.9 Å². The van der Waals surface area contributed by atoms with Crippen LogP contribution in [0.1, 0.15) is 20.8 Å². The number of aromatic nitrogens is 8. The van der Waals surface area contributed by atoms with Gasteiger partial charge < -0.3 is 23.1 Å². The average molecular weight is 843 g/mol. The number of furan rings is 2. The van der Waals surface area contributed by atoms with E-state index in [1.165, 1.54) is 36.9 Å². The molecule has 22 heteroatoms. The number of anilines is 2. The number of nitrogens with one attached hydrogen (secondary N) is 1. The lowest BCUT2D eigenvalue weighted by atomic mass is 10.2. The molecule has 0 atom stereocenters. The smallest absolute Gasteiger partial charge is 0.449 e. The Morgan fingerprint density at radius 2 is 1.37 bits per heavy atom. The summed E-state index contributed by atoms with van der Waals surface area (Å²) in [6.07, 6.45) is 10.9. The Kier molecular flexibility index (Phi) is 10.2. The van der Waals surface area contributed by atoms with Crippen molar-refractivity contribution in [3.05, 3.63) is 96.1 Å². The lowest BCUT2D eigenvalue weighted by Gasteiger charge is -2.19. The van der Waals surface area contributed by atoms with Gasteiger partial charge in [0.15, 0.2) is 39.5 Å². The largest absolute Gasteiger partial charge is 0.534 e. The second kappa shape index (κ2) is 14.9. The second-order valence-electron chi connectivity index (χ2n) is 12.6. The van der Waals surface area contributed by atoms with Gasteiger partial charge in [-0.2, -0.15) is 26.3 Å². The van der Waals surface area contributed by atoms with Gasteiger partial charge in [-0.1, -0.05) is 23.2 Å². The number of hydrogen-bond donors (Lipinski definition) is 1. The highest BCUT2D eigenvalue weighted by Gasteiger charge is 2.49. The molecule has 0 aliphatic rings. The summed E-state index contributed by atoms with van der Waals surface area (Å²) in [5, 5.41) is 9.12. The van der Waals surface area contributed by atoms with Crippen molar-refractivity contribution in [1.29, 1.82) is 0 Å². The van der Waals surface area contributed by atoms with E-state index in [1.807, 2.05) is 6.07 Å². The van der Waals surface area contributed by atoms with Gasteiger partial charge in [-0.25, -0.2) is 24.7 Å². The maximum atomic E-state index is 12.8. The van der Waals surface area contributed by atoms with Crippen LogP contribution in [-0.2, 0) is 14.9 Å². The molecule has 0 bridgehead atoms. The van der Waals surface area contributed by atoms with Crippen molar-refractivity contribution >= 4 is 83.6 Å². The highest BCUT2D eigenvalue weighted by molar-refractivity contribution is 7.88. The van der Waals surface area contributed by atoms with E-state index in [9.17, 15) is 26.4 Å². The number of ether oxygens (including phenoxy) is 1. The van der Waals surface area contributed by atoms with Crippen LogP contribution in [0.25, 0.3) is 56.0 Å². The Hall–Kier alpha value is -6.38. The molecule has 0 saturated heterocycles. The highest BCUT2D eigenvalue weighted by Crippen LogP contribution is 2.43. The Morgan fingerprint density at radius 1 is 0.807 bits per heavy atom. The van der Waals surface area contributed by atoms with E-state index < -0.39 is 33.1 Å². The van der Waals surface area contributed by atoms with Crippen LogP contribution in [0, 0.1) is 0 Å². The van der Waals surface area contributed by atoms with Crippen LogP contribution in [0.4, 0.5) is 29.3 Å². The molecule has 7 aromatic heterocycles. The fraction of sp³-hybridized carbons (Fsp3) is 0.143. The first-order valence-corrected chi connectivity index (χ1v) is 18.3. The number of carbonyl (C=O) groups excluding carboxylic acids is 1. The number of carbonyl (C=O) groups is 1. The summed E-state index contributed by atoms with van der Waals surface area (Å²) < 4.78 is 82.4. The van der Waals surface area contributed by atoms with Gasteiger partial charge in [-0.15, -0.1) is 5.10 Å². The number of halogens is 5. The van der Waals surface area contributed by atoms with E-state index in [0.29, 0.717) is 44.5 Å². The third kappa shape index (κ3) is 7.86. The maximum Gasteiger partial charge on any atom is 0.534 e. The van der Waals surface area contributed by atoms with Crippen LogP contribution >= 0.6 is 23.2 Å². The second-order valence-corrected chi connectivity index (χ2v) is 14.9. The molecule has 0 aliphatic carbocycles. The quantitative estimate of drug-likeness (QED) is 0.123. The monoisotopic (exact) mass is 841 g/mol. The SMILES string of the molecule is CC(C)(C)OC(=O)n1nc(Cl)c2c(Nc3c(-c4ncccn4)oc4cnccc34)ccc(Cl)c21.O=S(=O)(Oc1c(-c2ncccn2)oc2cnccc12)C(F)(F)F. The Morgan fingerprint density at radius 3 is 1.96 bits per heavy atom. The molecular formula is C35H24Cl2F3N9O7S. The first kappa shape index (κ1) is 38.9. The predicted molar refractivity (Wildman–Crippen MR) is 200 cm³/mol. The van der Waals surface area contributed by atoms with E-state index in [1.54, 1.807) is 63.8 Å². The molecule has 0 aliphatic heterocycles. The van der Waals surface area contributed by atoms with Crippen LogP contribution < -0.4 is 9.50 Å². The number of pyridine rings is 2. The number of benzene rings is 1. The molecule has 8 rings (SSSR count). The molecule has 292 valence electrons. The molecule has 7 heterocycles. The zero-order chi connectivity index (χ0) is 40.7. The summed E-state index contributed by atoms with van der Waals surface area (Å²) in [6, 6.07) is 9.65. The fourth-order valence-corrected chi connectivity index (χ4v) is 6.21. The van der Waals surface area contributed by atoms with Crippen LogP contribution in [0.5, 0.6) is 5.75 Å². The van der Waals surface area contributed by atoms with Gasteiger partial charge in [-0.05, 0) is 57.2 Å². The summed E-state index contributed by atoms with van der Waals surface area (Å²) in [7, 11) is -5.88. The lowest BCUT2D eigenvalue weighted by Crippen LogP contribution is -2.28. The van der Waals surface area contributed by atoms with Gasteiger partial charge in [0.05, 0.1) is 39.6 Å². The molecule has 0 saturated carbocycles. The number of alkyl halides is 3. The molecule has 0 fully saturated rings. The first-order valence-electron chi connectivity index (χ1n) is 16.2. The van der Waals surface area contributed by atoms with Gasteiger partial charge in [0.1, 0.15) is 11.1 Å². The van der Waals surface area contributed by atoms with Crippen LogP contribution in [0.2, 0.25) is 10.2 Å². The minimum atomic E-state index is -5.88. The first-order chi connectivity index (χ1) is 27.0. The van der Waals surface area contributed by atoms with Crippen LogP contribution in [0.3, 0.4) is 0 Å². The minimum absolute atomic E-state index is 0.00437. The number of nitrogens with zero attached hydrogens (tertiary/aromatic N) is 8. The predicted octanol–water partition coefficient (Wildman–Crippen LogP) is 8.98. The van der Waals surface area contributed by atoms with Crippen molar-refractivity contribution < 1.29 is 44.1 Å². The van der Waals surface area contributed by atoms with Crippen molar-refractivity contribution in [3.63, 3.8) is 0 Å². The van der Waals surface area contributed by atoms with Gasteiger partial charge in [0.25, 0.3) is 0 Å². The third-order valence-corrected chi connectivity index (χ3v) is 9.04. The molecule has 0 amide bonds. The van der Waals surface area contributed by atoms with Gasteiger partial charge in [-0.3, -0.25) is 9.97 Å². The van der Waals surface area contributed by atoms with E-state index >= 15 is 0 Å². The topological polar surface area (TPSA) is 203 Å². The normalized spacial score (nSPS) is 12.1. The van der Waals surface area contributed by atoms with E-state index in [4.69, 9.17) is 36.8 Å². The Labute approximate surface area is 328 Å². The molecular weight excluding hydrogens is 818 g/mol.